The molecule has 0 aliphatic heterocycles. The van der Waals surface area contributed by atoms with Crippen molar-refractivity contribution in [3.8, 4) is 0 Å². The number of ether oxygens (including phenoxy) is 1. The fourth-order valence-corrected chi connectivity index (χ4v) is 11.0. The summed E-state index contributed by atoms with van der Waals surface area (Å²) in [5, 5.41) is 23.3. The first-order valence-electron chi connectivity index (χ1n) is 34.6. The van der Waals surface area contributed by atoms with Gasteiger partial charge in [0.15, 0.2) is 0 Å². The second-order valence-electron chi connectivity index (χ2n) is 23.9. The lowest BCUT2D eigenvalue weighted by Gasteiger charge is -2.22. The molecule has 0 aliphatic carbocycles. The lowest BCUT2D eigenvalue weighted by atomic mass is 10.0. The smallest absolute Gasteiger partial charge is 0.305 e. The number of esters is 1. The van der Waals surface area contributed by atoms with Crippen molar-refractivity contribution < 1.29 is 24.5 Å². The maximum absolute atomic E-state index is 12.5. The molecule has 0 aromatic carbocycles. The summed E-state index contributed by atoms with van der Waals surface area (Å²) in [6.45, 7) is 4.95. The second kappa shape index (κ2) is 65.9. The highest BCUT2D eigenvalue weighted by Crippen LogP contribution is 2.19. The number of unbranched alkanes of at least 4 members (excludes halogenated alkanes) is 50. The van der Waals surface area contributed by atoms with Gasteiger partial charge in [-0.05, 0) is 57.8 Å². The Morgan fingerprint density at radius 2 is 0.658 bits per heavy atom. The Labute approximate surface area is 475 Å². The van der Waals surface area contributed by atoms with Gasteiger partial charge in [0.05, 0.1) is 25.4 Å². The van der Waals surface area contributed by atoms with Crippen LogP contribution >= 0.6 is 0 Å². The Morgan fingerprint density at radius 3 is 1.03 bits per heavy atom. The molecule has 76 heavy (non-hydrogen) atoms. The minimum Gasteiger partial charge on any atom is -0.466 e. The summed E-state index contributed by atoms with van der Waals surface area (Å²) < 4.78 is 5.51. The van der Waals surface area contributed by atoms with Crippen molar-refractivity contribution >= 4 is 11.9 Å². The first kappa shape index (κ1) is 74.3. The van der Waals surface area contributed by atoms with Crippen LogP contribution in [-0.4, -0.2) is 47.4 Å². The van der Waals surface area contributed by atoms with Crippen molar-refractivity contribution in [2.24, 2.45) is 0 Å². The van der Waals surface area contributed by atoms with E-state index in [1.54, 1.807) is 0 Å². The van der Waals surface area contributed by atoms with Gasteiger partial charge in [0.2, 0.25) is 5.91 Å². The van der Waals surface area contributed by atoms with E-state index in [1.807, 2.05) is 0 Å². The van der Waals surface area contributed by atoms with Gasteiger partial charge in [0.25, 0.3) is 0 Å². The zero-order chi connectivity index (χ0) is 55.0. The SMILES string of the molecule is CCCCC/C=C\C/C=C\CCCCCCCCCCCC(=O)OCCCCCCCCCCCCCCCCCCCCCCCCCCCCCC(=O)NC(CO)C(O)CCCCCCCCCCCCCCC. The first-order valence-corrected chi connectivity index (χ1v) is 34.6. The van der Waals surface area contributed by atoms with Gasteiger partial charge < -0.3 is 20.3 Å². The minimum absolute atomic E-state index is 0.0149. The first-order chi connectivity index (χ1) is 37.5. The maximum Gasteiger partial charge on any atom is 0.305 e. The number of aliphatic hydroxyl groups is 2. The molecule has 0 rings (SSSR count). The Hall–Kier alpha value is -1.66. The topological polar surface area (TPSA) is 95.9 Å². The molecule has 0 fully saturated rings. The lowest BCUT2D eigenvalue weighted by molar-refractivity contribution is -0.143. The van der Waals surface area contributed by atoms with E-state index in [2.05, 4.69) is 43.5 Å². The van der Waals surface area contributed by atoms with Crippen molar-refractivity contribution in [3.63, 3.8) is 0 Å². The Morgan fingerprint density at radius 1 is 0.368 bits per heavy atom. The molecular formula is C70H135NO5. The van der Waals surface area contributed by atoms with Crippen LogP contribution in [-0.2, 0) is 14.3 Å². The van der Waals surface area contributed by atoms with Crippen LogP contribution in [0.5, 0.6) is 0 Å². The number of hydrogen-bond acceptors (Lipinski definition) is 5. The van der Waals surface area contributed by atoms with Crippen LogP contribution in [0.1, 0.15) is 386 Å². The number of rotatable bonds is 65. The molecule has 0 aromatic heterocycles. The molecule has 3 N–H and O–H groups in total. The average molecular weight is 1070 g/mol. The number of hydrogen-bond donors (Lipinski definition) is 3. The maximum atomic E-state index is 12.5. The van der Waals surface area contributed by atoms with Crippen molar-refractivity contribution in [1.29, 1.82) is 0 Å². The summed E-state index contributed by atoms with van der Waals surface area (Å²) in [5.74, 6) is -0.0154. The lowest BCUT2D eigenvalue weighted by Crippen LogP contribution is -2.45. The Bertz CT molecular complexity index is 1190. The van der Waals surface area contributed by atoms with E-state index in [4.69, 9.17) is 4.74 Å². The molecule has 0 saturated heterocycles. The summed E-state index contributed by atoms with van der Waals surface area (Å²) in [6.07, 6.45) is 82.2. The van der Waals surface area contributed by atoms with Crippen LogP contribution in [0.25, 0.3) is 0 Å². The molecule has 6 heteroatoms. The van der Waals surface area contributed by atoms with Gasteiger partial charge in [0, 0.05) is 12.8 Å². The van der Waals surface area contributed by atoms with Gasteiger partial charge in [-0.15, -0.1) is 0 Å². The average Bonchev–Trinajstić information content (AvgIpc) is 3.42. The zero-order valence-electron chi connectivity index (χ0n) is 51.5. The molecule has 0 saturated carbocycles. The number of carbonyl (C=O) groups excluding carboxylic acids is 2. The van der Waals surface area contributed by atoms with E-state index in [-0.39, 0.29) is 18.5 Å². The fraction of sp³-hybridized carbons (Fsp3) is 0.914. The van der Waals surface area contributed by atoms with Gasteiger partial charge >= 0.3 is 5.97 Å². The predicted molar refractivity (Wildman–Crippen MR) is 333 cm³/mol. The molecule has 0 bridgehead atoms. The third-order valence-corrected chi connectivity index (χ3v) is 16.3. The summed E-state index contributed by atoms with van der Waals surface area (Å²) in [4.78, 5) is 24.6. The van der Waals surface area contributed by atoms with E-state index < -0.39 is 12.1 Å². The quantitative estimate of drug-likeness (QED) is 0.0320. The molecule has 6 nitrogen and oxygen atoms in total. The van der Waals surface area contributed by atoms with E-state index >= 15 is 0 Å². The van der Waals surface area contributed by atoms with Gasteiger partial charge in [-0.3, -0.25) is 9.59 Å². The van der Waals surface area contributed by atoms with E-state index in [1.165, 1.54) is 302 Å². The molecule has 0 spiro atoms. The molecule has 0 radical (unpaired) electrons. The highest BCUT2D eigenvalue weighted by Gasteiger charge is 2.20. The Kier molecular flexibility index (Phi) is 64.4. The molecule has 1 amide bonds. The zero-order valence-corrected chi connectivity index (χ0v) is 51.5. The molecule has 0 aliphatic rings. The number of nitrogens with one attached hydrogen (secondary N) is 1. The summed E-state index contributed by atoms with van der Waals surface area (Å²) in [5.41, 5.74) is 0. The number of aliphatic hydroxyl groups excluding tert-OH is 2. The van der Waals surface area contributed by atoms with E-state index in [0.717, 1.165) is 51.4 Å². The van der Waals surface area contributed by atoms with Crippen molar-refractivity contribution in [2.45, 2.75) is 398 Å². The standard InChI is InChI=1S/C70H135NO5/c1-3-5-7-9-11-13-15-17-18-19-29-33-36-40-44-48-52-56-60-64-70(75)76-65-61-57-53-49-45-41-37-34-31-28-26-24-22-20-21-23-25-27-30-32-35-39-43-47-51-55-59-63-69(74)71-67(66-72)68(73)62-58-54-50-46-42-38-16-14-12-10-8-6-4-2/h11,13,17-18,67-68,72-73H,3-10,12,14-16,19-66H2,1-2H3,(H,71,74)/b13-11-,18-17-. The minimum atomic E-state index is -0.661. The van der Waals surface area contributed by atoms with Gasteiger partial charge in [-0.1, -0.05) is 340 Å². The molecule has 0 heterocycles. The second-order valence-corrected chi connectivity index (χ2v) is 23.9. The Balaban J connectivity index is 3.32. The van der Waals surface area contributed by atoms with Crippen LogP contribution < -0.4 is 5.32 Å². The molecule has 2 atom stereocenters. The van der Waals surface area contributed by atoms with Crippen LogP contribution in [0.2, 0.25) is 0 Å². The van der Waals surface area contributed by atoms with Gasteiger partial charge in [-0.25, -0.2) is 0 Å². The monoisotopic (exact) mass is 1070 g/mol. The van der Waals surface area contributed by atoms with Gasteiger partial charge in [0.1, 0.15) is 0 Å². The summed E-state index contributed by atoms with van der Waals surface area (Å²) in [6, 6.07) is -0.538. The highest BCUT2D eigenvalue weighted by atomic mass is 16.5. The number of amides is 1. The van der Waals surface area contributed by atoms with Crippen LogP contribution in [0.15, 0.2) is 24.3 Å². The fourth-order valence-electron chi connectivity index (χ4n) is 11.0. The van der Waals surface area contributed by atoms with Crippen LogP contribution in [0.3, 0.4) is 0 Å². The predicted octanol–water partition coefficient (Wildman–Crippen LogP) is 22.1. The van der Waals surface area contributed by atoms with Crippen molar-refractivity contribution in [3.05, 3.63) is 24.3 Å². The van der Waals surface area contributed by atoms with Crippen molar-refractivity contribution in [2.75, 3.05) is 13.2 Å². The van der Waals surface area contributed by atoms with E-state index in [9.17, 15) is 19.8 Å². The number of allylic oxidation sites excluding steroid dienone is 4. The normalized spacial score (nSPS) is 12.6. The van der Waals surface area contributed by atoms with Crippen molar-refractivity contribution in [1.82, 2.24) is 5.32 Å². The highest BCUT2D eigenvalue weighted by molar-refractivity contribution is 5.76. The molecule has 2 unspecified atom stereocenters. The third kappa shape index (κ3) is 61.6. The summed E-state index contributed by atoms with van der Waals surface area (Å²) in [7, 11) is 0. The summed E-state index contributed by atoms with van der Waals surface area (Å²) >= 11 is 0. The van der Waals surface area contributed by atoms with Crippen LogP contribution in [0, 0.1) is 0 Å². The molecule has 450 valence electrons. The van der Waals surface area contributed by atoms with Gasteiger partial charge in [-0.2, -0.15) is 0 Å². The molecule has 0 aromatic rings. The molecular weight excluding hydrogens is 935 g/mol. The van der Waals surface area contributed by atoms with Crippen LogP contribution in [0.4, 0.5) is 0 Å². The van der Waals surface area contributed by atoms with E-state index in [0.29, 0.717) is 25.9 Å². The largest absolute Gasteiger partial charge is 0.466 e. The number of carbonyl (C=O) groups is 2. The third-order valence-electron chi connectivity index (χ3n) is 16.3.